The zero-order valence-corrected chi connectivity index (χ0v) is 14.2. The topological polar surface area (TPSA) is 40.6 Å². The Morgan fingerprint density at radius 2 is 1.68 bits per heavy atom. The molecule has 0 bridgehead atoms. The molecule has 0 saturated carbocycles. The molecule has 0 aromatic heterocycles. The lowest BCUT2D eigenvalue weighted by molar-refractivity contribution is -0.143. The molecule has 0 N–H and O–H groups in total. The first-order chi connectivity index (χ1) is 10.3. The molecule has 0 spiro atoms. The second kappa shape index (κ2) is 6.51. The number of benzene rings is 1. The second-order valence-corrected chi connectivity index (χ2v) is 6.60. The van der Waals surface area contributed by atoms with Crippen molar-refractivity contribution in [1.29, 1.82) is 0 Å². The Kier molecular flexibility index (Phi) is 4.89. The summed E-state index contributed by atoms with van der Waals surface area (Å²) in [7, 11) is 0. The van der Waals surface area contributed by atoms with E-state index in [1.54, 1.807) is 9.80 Å². The van der Waals surface area contributed by atoms with Gasteiger partial charge in [0.15, 0.2) is 0 Å². The van der Waals surface area contributed by atoms with Crippen molar-refractivity contribution in [2.24, 2.45) is 5.92 Å². The highest BCUT2D eigenvalue weighted by molar-refractivity contribution is 6.00. The number of hydrogen-bond donors (Lipinski definition) is 0. The van der Waals surface area contributed by atoms with Crippen LogP contribution in [-0.4, -0.2) is 35.8 Å². The largest absolute Gasteiger partial charge is 0.329 e. The molecule has 0 radical (unpaired) electrons. The number of nitrogens with zero attached hydrogens (tertiary/aromatic N) is 2. The lowest BCUT2D eigenvalue weighted by atomic mass is 10.0. The number of carbonyl (C=O) groups excluding carboxylic acids is 2. The minimum Gasteiger partial charge on any atom is -0.329 e. The molecule has 1 fully saturated rings. The highest BCUT2D eigenvalue weighted by atomic mass is 16.2. The summed E-state index contributed by atoms with van der Waals surface area (Å²) in [5.41, 5.74) is 2.18. The Hall–Kier alpha value is -1.84. The van der Waals surface area contributed by atoms with Crippen LogP contribution in [0.3, 0.4) is 0 Å². The van der Waals surface area contributed by atoms with E-state index in [1.807, 2.05) is 32.9 Å². The van der Waals surface area contributed by atoms with Gasteiger partial charge >= 0.3 is 0 Å². The monoisotopic (exact) mass is 302 g/mol. The average Bonchev–Trinajstić information content (AvgIpc) is 2.49. The number of rotatable bonds is 3. The van der Waals surface area contributed by atoms with Crippen LogP contribution in [0.2, 0.25) is 0 Å². The van der Waals surface area contributed by atoms with Crippen LogP contribution < -0.4 is 4.90 Å². The van der Waals surface area contributed by atoms with E-state index in [0.717, 1.165) is 5.69 Å². The Labute approximate surface area is 133 Å². The molecule has 2 rings (SSSR count). The molecule has 1 aromatic carbocycles. The van der Waals surface area contributed by atoms with E-state index in [9.17, 15) is 9.59 Å². The summed E-state index contributed by atoms with van der Waals surface area (Å²) >= 11 is 0. The van der Waals surface area contributed by atoms with Gasteiger partial charge in [0.2, 0.25) is 11.8 Å². The molecule has 1 saturated heterocycles. The van der Waals surface area contributed by atoms with Crippen LogP contribution in [0, 0.1) is 5.92 Å². The van der Waals surface area contributed by atoms with E-state index >= 15 is 0 Å². The Morgan fingerprint density at radius 1 is 1.09 bits per heavy atom. The summed E-state index contributed by atoms with van der Waals surface area (Å²) in [6.07, 6.45) is 0. The van der Waals surface area contributed by atoms with Gasteiger partial charge in [-0.1, -0.05) is 39.8 Å². The Bertz CT molecular complexity index is 549. The number of carbonyl (C=O) groups is 2. The summed E-state index contributed by atoms with van der Waals surface area (Å²) in [4.78, 5) is 28.3. The van der Waals surface area contributed by atoms with Gasteiger partial charge < -0.3 is 9.80 Å². The first-order valence-electron chi connectivity index (χ1n) is 8.04. The molecule has 22 heavy (non-hydrogen) atoms. The van der Waals surface area contributed by atoms with E-state index < -0.39 is 6.04 Å². The lowest BCUT2D eigenvalue weighted by Gasteiger charge is -2.40. The molecule has 1 unspecified atom stereocenters. The van der Waals surface area contributed by atoms with Gasteiger partial charge in [-0.2, -0.15) is 0 Å². The van der Waals surface area contributed by atoms with Gasteiger partial charge in [0.05, 0.1) is 0 Å². The lowest BCUT2D eigenvalue weighted by Crippen LogP contribution is -2.58. The van der Waals surface area contributed by atoms with Crippen LogP contribution in [-0.2, 0) is 9.59 Å². The van der Waals surface area contributed by atoms with Crippen LogP contribution >= 0.6 is 0 Å². The van der Waals surface area contributed by atoms with Crippen LogP contribution in [0.5, 0.6) is 0 Å². The van der Waals surface area contributed by atoms with Crippen LogP contribution in [0.4, 0.5) is 5.69 Å². The van der Waals surface area contributed by atoms with Crippen molar-refractivity contribution < 1.29 is 9.59 Å². The fourth-order valence-corrected chi connectivity index (χ4v) is 2.80. The zero-order chi connectivity index (χ0) is 16.4. The number of hydrogen-bond acceptors (Lipinski definition) is 2. The fraction of sp³-hybridized carbons (Fsp3) is 0.556. The second-order valence-electron chi connectivity index (χ2n) is 6.60. The van der Waals surface area contributed by atoms with Crippen molar-refractivity contribution in [3.8, 4) is 0 Å². The molecule has 4 nitrogen and oxygen atoms in total. The number of piperazine rings is 1. The van der Waals surface area contributed by atoms with E-state index in [2.05, 4.69) is 26.0 Å². The average molecular weight is 302 g/mol. The predicted molar refractivity (Wildman–Crippen MR) is 88.9 cm³/mol. The molecule has 4 heteroatoms. The van der Waals surface area contributed by atoms with E-state index in [0.29, 0.717) is 19.0 Å². The Balaban J connectivity index is 2.15. The minimum absolute atomic E-state index is 0.00227. The molecule has 1 atom stereocenters. The first-order valence-corrected chi connectivity index (χ1v) is 8.04. The standard InChI is InChI=1S/C18H26N2O2/c1-12(2)15-6-8-16(9-7-15)20-11-10-19(14(5)18(20)22)17(21)13(3)4/h6-9,12-14H,10-11H2,1-5H3. The number of anilines is 1. The highest BCUT2D eigenvalue weighted by Crippen LogP contribution is 2.24. The summed E-state index contributed by atoms with van der Waals surface area (Å²) in [6.45, 7) is 11.0. The Morgan fingerprint density at radius 3 is 2.18 bits per heavy atom. The summed E-state index contributed by atoms with van der Waals surface area (Å²) in [5, 5.41) is 0. The normalized spacial score (nSPS) is 19.2. The minimum atomic E-state index is -0.395. The van der Waals surface area contributed by atoms with Crippen molar-refractivity contribution in [1.82, 2.24) is 4.90 Å². The quantitative estimate of drug-likeness (QED) is 0.861. The molecule has 1 aliphatic rings. The van der Waals surface area contributed by atoms with Gasteiger partial charge in [0.1, 0.15) is 6.04 Å². The van der Waals surface area contributed by atoms with Crippen LogP contribution in [0.15, 0.2) is 24.3 Å². The highest BCUT2D eigenvalue weighted by Gasteiger charge is 2.35. The summed E-state index contributed by atoms with van der Waals surface area (Å²) in [5.74, 6) is 0.449. The molecule has 2 amide bonds. The van der Waals surface area contributed by atoms with Gasteiger partial charge in [-0.3, -0.25) is 9.59 Å². The van der Waals surface area contributed by atoms with Crippen molar-refractivity contribution in [2.75, 3.05) is 18.0 Å². The van der Waals surface area contributed by atoms with Crippen molar-refractivity contribution in [3.05, 3.63) is 29.8 Å². The van der Waals surface area contributed by atoms with E-state index in [1.165, 1.54) is 5.56 Å². The van der Waals surface area contributed by atoms with Crippen molar-refractivity contribution in [3.63, 3.8) is 0 Å². The number of amides is 2. The zero-order valence-electron chi connectivity index (χ0n) is 14.2. The molecule has 1 aliphatic heterocycles. The van der Waals surface area contributed by atoms with E-state index in [4.69, 9.17) is 0 Å². The fourth-order valence-electron chi connectivity index (χ4n) is 2.80. The first kappa shape index (κ1) is 16.5. The molecular formula is C18H26N2O2. The summed E-state index contributed by atoms with van der Waals surface area (Å²) < 4.78 is 0. The maximum atomic E-state index is 12.6. The maximum absolute atomic E-state index is 12.6. The van der Waals surface area contributed by atoms with Crippen molar-refractivity contribution in [2.45, 2.75) is 46.6 Å². The van der Waals surface area contributed by atoms with Crippen LogP contribution in [0.1, 0.15) is 46.1 Å². The predicted octanol–water partition coefficient (Wildman–Crippen LogP) is 3.03. The maximum Gasteiger partial charge on any atom is 0.249 e. The van der Waals surface area contributed by atoms with Crippen molar-refractivity contribution >= 4 is 17.5 Å². The molecule has 120 valence electrons. The van der Waals surface area contributed by atoms with Gasteiger partial charge in [-0.25, -0.2) is 0 Å². The molecule has 1 heterocycles. The van der Waals surface area contributed by atoms with Crippen LogP contribution in [0.25, 0.3) is 0 Å². The van der Waals surface area contributed by atoms with Gasteiger partial charge in [0.25, 0.3) is 0 Å². The third-order valence-corrected chi connectivity index (χ3v) is 4.30. The van der Waals surface area contributed by atoms with Gasteiger partial charge in [0, 0.05) is 24.7 Å². The molecule has 0 aliphatic carbocycles. The molecular weight excluding hydrogens is 276 g/mol. The third-order valence-electron chi connectivity index (χ3n) is 4.30. The third kappa shape index (κ3) is 3.16. The van der Waals surface area contributed by atoms with E-state index in [-0.39, 0.29) is 17.7 Å². The smallest absolute Gasteiger partial charge is 0.249 e. The van der Waals surface area contributed by atoms with Gasteiger partial charge in [-0.05, 0) is 30.5 Å². The summed E-state index contributed by atoms with van der Waals surface area (Å²) in [6, 6.07) is 7.75. The SMILES string of the molecule is CC(C)C(=O)N1CCN(c2ccc(C(C)C)cc2)C(=O)C1C. The van der Waals surface area contributed by atoms with Gasteiger partial charge in [-0.15, -0.1) is 0 Å². The molecule has 1 aromatic rings.